The third-order valence-corrected chi connectivity index (χ3v) is 4.94. The Bertz CT molecular complexity index is 771. The highest BCUT2D eigenvalue weighted by Gasteiger charge is 2.14. The molecule has 32 heavy (non-hydrogen) atoms. The number of unbranched alkanes of at least 4 members (excludes halogenated alkanes) is 1. The van der Waals surface area contributed by atoms with Crippen molar-refractivity contribution in [3.8, 4) is 0 Å². The zero-order valence-electron chi connectivity index (χ0n) is 19.5. The predicted molar refractivity (Wildman–Crippen MR) is 132 cm³/mol. The molecule has 0 saturated carbocycles. The molecule has 0 aromatic rings. The number of rotatable bonds is 4. The number of aliphatic hydroxyl groups is 3. The maximum Gasteiger partial charge on any atom is 0.244 e. The van der Waals surface area contributed by atoms with E-state index in [1.807, 2.05) is 26.0 Å². The largest absolute Gasteiger partial charge is 0.393 e. The number of hydrogen-bond donors (Lipinski definition) is 4. The van der Waals surface area contributed by atoms with Crippen LogP contribution in [-0.4, -0.2) is 45.6 Å². The van der Waals surface area contributed by atoms with Crippen molar-refractivity contribution in [1.82, 2.24) is 5.32 Å². The van der Waals surface area contributed by atoms with E-state index >= 15 is 0 Å². The van der Waals surface area contributed by atoms with Gasteiger partial charge in [-0.05, 0) is 39.5 Å². The molecule has 1 heterocycles. The molecule has 4 atom stereocenters. The SMILES string of the molecule is CCCC=CCC1CC(O)CC=C(C)C=CC=CC(O)C(O)C=C(C)C=CC=CC(=O)N1. The first-order chi connectivity index (χ1) is 15.3. The van der Waals surface area contributed by atoms with Crippen molar-refractivity contribution in [2.45, 2.75) is 77.2 Å². The van der Waals surface area contributed by atoms with Gasteiger partial charge in [0.25, 0.3) is 0 Å². The lowest BCUT2D eigenvalue weighted by Gasteiger charge is -2.19. The minimum absolute atomic E-state index is 0.157. The van der Waals surface area contributed by atoms with Crippen molar-refractivity contribution in [2.24, 2.45) is 0 Å². The van der Waals surface area contributed by atoms with Crippen molar-refractivity contribution in [1.29, 1.82) is 0 Å². The summed E-state index contributed by atoms with van der Waals surface area (Å²) in [7, 11) is 0. The van der Waals surface area contributed by atoms with Crippen molar-refractivity contribution in [3.05, 3.63) is 84.1 Å². The van der Waals surface area contributed by atoms with Crippen LogP contribution in [0, 0.1) is 0 Å². The smallest absolute Gasteiger partial charge is 0.244 e. The van der Waals surface area contributed by atoms with E-state index in [1.165, 1.54) is 12.2 Å². The summed E-state index contributed by atoms with van der Waals surface area (Å²) in [5.41, 5.74) is 1.74. The van der Waals surface area contributed by atoms with E-state index in [-0.39, 0.29) is 11.9 Å². The van der Waals surface area contributed by atoms with Gasteiger partial charge in [-0.2, -0.15) is 0 Å². The van der Waals surface area contributed by atoms with Crippen LogP contribution in [0.2, 0.25) is 0 Å². The Morgan fingerprint density at radius 1 is 0.969 bits per heavy atom. The maximum absolute atomic E-state index is 12.3. The van der Waals surface area contributed by atoms with Gasteiger partial charge in [-0.1, -0.05) is 91.3 Å². The normalized spacial score (nSPS) is 26.6. The molecule has 1 amide bonds. The average Bonchev–Trinajstić information content (AvgIpc) is 2.74. The number of amides is 1. The van der Waals surface area contributed by atoms with Crippen LogP contribution in [-0.2, 0) is 4.79 Å². The first-order valence-electron chi connectivity index (χ1n) is 11.4. The molecule has 0 aliphatic carbocycles. The second kappa shape index (κ2) is 16.2. The molecule has 1 aliphatic heterocycles. The number of nitrogens with one attached hydrogen (secondary N) is 1. The van der Waals surface area contributed by atoms with Crippen LogP contribution in [0.3, 0.4) is 0 Å². The van der Waals surface area contributed by atoms with Gasteiger partial charge in [-0.3, -0.25) is 4.79 Å². The zero-order valence-corrected chi connectivity index (χ0v) is 19.5. The standard InChI is InChI=1S/C27H39NO4/c1-4-5-6-7-14-23-20-24(29)18-17-21(2)12-8-10-15-25(30)26(31)19-22(3)13-9-11-16-27(32)28-23/h6-13,15-17,19,23-26,29-31H,4-5,14,18,20H2,1-3H3,(H,28,32). The lowest BCUT2D eigenvalue weighted by Crippen LogP contribution is -2.36. The Kier molecular flexibility index (Phi) is 14.0. The third-order valence-electron chi connectivity index (χ3n) is 4.94. The average molecular weight is 442 g/mol. The molecule has 4 N–H and O–H groups in total. The monoisotopic (exact) mass is 441 g/mol. The van der Waals surface area contributed by atoms with E-state index in [0.717, 1.165) is 24.0 Å². The third kappa shape index (κ3) is 13.1. The lowest BCUT2D eigenvalue weighted by atomic mass is 10.0. The van der Waals surface area contributed by atoms with Crippen LogP contribution in [0.15, 0.2) is 84.1 Å². The van der Waals surface area contributed by atoms with E-state index < -0.39 is 18.3 Å². The van der Waals surface area contributed by atoms with Crippen LogP contribution < -0.4 is 5.32 Å². The molecule has 0 spiro atoms. The molecular weight excluding hydrogens is 402 g/mol. The zero-order chi connectivity index (χ0) is 23.8. The van der Waals surface area contributed by atoms with Crippen LogP contribution in [0.4, 0.5) is 0 Å². The highest BCUT2D eigenvalue weighted by Crippen LogP contribution is 2.11. The lowest BCUT2D eigenvalue weighted by molar-refractivity contribution is -0.117. The number of carbonyl (C=O) groups excluding carboxylic acids is 1. The van der Waals surface area contributed by atoms with Gasteiger partial charge in [-0.25, -0.2) is 0 Å². The van der Waals surface area contributed by atoms with E-state index in [4.69, 9.17) is 0 Å². The number of carbonyl (C=O) groups is 1. The van der Waals surface area contributed by atoms with Crippen LogP contribution >= 0.6 is 0 Å². The second-order valence-electron chi connectivity index (χ2n) is 8.13. The minimum atomic E-state index is -1.03. The molecule has 0 aromatic carbocycles. The van der Waals surface area contributed by atoms with Gasteiger partial charge >= 0.3 is 0 Å². The topological polar surface area (TPSA) is 89.8 Å². The molecule has 0 fully saturated rings. The fourth-order valence-electron chi connectivity index (χ4n) is 3.10. The summed E-state index contributed by atoms with van der Waals surface area (Å²) in [6.07, 6.45) is 22.1. The fraction of sp³-hybridized carbons (Fsp3) is 0.444. The van der Waals surface area contributed by atoms with Crippen molar-refractivity contribution >= 4 is 5.91 Å². The van der Waals surface area contributed by atoms with Crippen molar-refractivity contribution in [2.75, 3.05) is 0 Å². The quantitative estimate of drug-likeness (QED) is 0.492. The highest BCUT2D eigenvalue weighted by molar-refractivity contribution is 5.88. The van der Waals surface area contributed by atoms with Crippen LogP contribution in [0.25, 0.3) is 0 Å². The van der Waals surface area contributed by atoms with Crippen molar-refractivity contribution < 1.29 is 20.1 Å². The molecule has 0 bridgehead atoms. The van der Waals surface area contributed by atoms with E-state index in [2.05, 4.69) is 24.4 Å². The highest BCUT2D eigenvalue weighted by atomic mass is 16.3. The Balaban J connectivity index is 3.03. The predicted octanol–water partition coefficient (Wildman–Crippen LogP) is 4.21. The summed E-state index contributed by atoms with van der Waals surface area (Å²) < 4.78 is 0. The van der Waals surface area contributed by atoms with Gasteiger partial charge in [0.15, 0.2) is 0 Å². The Morgan fingerprint density at radius 3 is 2.41 bits per heavy atom. The van der Waals surface area contributed by atoms with Crippen molar-refractivity contribution in [3.63, 3.8) is 0 Å². The molecule has 0 aromatic heterocycles. The van der Waals surface area contributed by atoms with Gasteiger partial charge in [-0.15, -0.1) is 0 Å². The van der Waals surface area contributed by atoms with Crippen LogP contribution in [0.1, 0.15) is 52.9 Å². The summed E-state index contributed by atoms with van der Waals surface area (Å²) in [5.74, 6) is -0.220. The summed E-state index contributed by atoms with van der Waals surface area (Å²) >= 11 is 0. The molecule has 176 valence electrons. The minimum Gasteiger partial charge on any atom is -0.393 e. The van der Waals surface area contributed by atoms with E-state index in [0.29, 0.717) is 19.3 Å². The first kappa shape index (κ1) is 27.6. The summed E-state index contributed by atoms with van der Waals surface area (Å²) in [5, 5.41) is 33.6. The molecular formula is C27H39NO4. The molecule has 4 unspecified atom stereocenters. The fourth-order valence-corrected chi connectivity index (χ4v) is 3.10. The first-order valence-corrected chi connectivity index (χ1v) is 11.4. The molecule has 0 saturated heterocycles. The van der Waals surface area contributed by atoms with Gasteiger partial charge in [0.1, 0.15) is 12.2 Å². The van der Waals surface area contributed by atoms with E-state index in [9.17, 15) is 20.1 Å². The van der Waals surface area contributed by atoms with E-state index in [1.54, 1.807) is 36.5 Å². The Hall–Kier alpha value is -2.47. The number of hydrogen-bond acceptors (Lipinski definition) is 4. The Labute approximate surface area is 192 Å². The Morgan fingerprint density at radius 2 is 1.66 bits per heavy atom. The summed E-state index contributed by atoms with van der Waals surface area (Å²) in [4.78, 5) is 12.3. The van der Waals surface area contributed by atoms with Gasteiger partial charge in [0.05, 0.1) is 6.10 Å². The van der Waals surface area contributed by atoms with Gasteiger partial charge in [0, 0.05) is 12.1 Å². The molecule has 0 radical (unpaired) electrons. The number of aliphatic hydroxyl groups excluding tert-OH is 3. The van der Waals surface area contributed by atoms with Gasteiger partial charge < -0.3 is 20.6 Å². The second-order valence-corrected chi connectivity index (χ2v) is 8.13. The van der Waals surface area contributed by atoms with Gasteiger partial charge in [0.2, 0.25) is 5.91 Å². The molecule has 5 heteroatoms. The summed E-state index contributed by atoms with van der Waals surface area (Å²) in [6, 6.07) is -0.157. The summed E-state index contributed by atoms with van der Waals surface area (Å²) in [6.45, 7) is 5.86. The maximum atomic E-state index is 12.3. The molecule has 1 aliphatic rings. The number of allylic oxidation sites excluding steroid dienone is 9. The molecule has 1 rings (SSSR count). The molecule has 5 nitrogen and oxygen atoms in total. The van der Waals surface area contributed by atoms with Crippen LogP contribution in [0.5, 0.6) is 0 Å².